The fourth-order valence-corrected chi connectivity index (χ4v) is 3.85. The Hall–Kier alpha value is -2.01. The van der Waals surface area contributed by atoms with Crippen molar-refractivity contribution < 1.29 is 17.9 Å². The molecule has 28 heavy (non-hydrogen) atoms. The van der Waals surface area contributed by atoms with Crippen molar-refractivity contribution in [2.24, 2.45) is 0 Å². The summed E-state index contributed by atoms with van der Waals surface area (Å²) in [6.45, 7) is 10.4. The van der Waals surface area contributed by atoms with Crippen LogP contribution in [-0.2, 0) is 0 Å². The molecule has 2 aromatic carbocycles. The second kappa shape index (κ2) is 9.46. The summed E-state index contributed by atoms with van der Waals surface area (Å²) in [6.07, 6.45) is 0.554. The van der Waals surface area contributed by atoms with E-state index >= 15 is 4.39 Å². The molecule has 0 saturated heterocycles. The number of ether oxygens (including phenoxy) is 1. The van der Waals surface area contributed by atoms with Gasteiger partial charge in [-0.3, -0.25) is 4.90 Å². The van der Waals surface area contributed by atoms with Crippen molar-refractivity contribution in [3.8, 4) is 5.75 Å². The lowest BCUT2D eigenvalue weighted by molar-refractivity contribution is 0.170. The Balaban J connectivity index is 2.58. The molecule has 0 aliphatic heterocycles. The fourth-order valence-electron chi connectivity index (χ4n) is 3.85. The number of methoxy groups -OCH3 is 1. The molecule has 2 rings (SSSR count). The summed E-state index contributed by atoms with van der Waals surface area (Å²) in [5.41, 5.74) is 0.605. The Kier molecular flexibility index (Phi) is 7.53. The standard InChI is InChI=1S/C23H30F3NO/c1-14(2)27(15(3)4)13-12-18(17-10-8-7-9-11-17)19-20(24)16(5)21(25)22(26)23(19)28-6/h7-11,14-15,18H,12-13H2,1-6H3. The van der Waals surface area contributed by atoms with Gasteiger partial charge < -0.3 is 4.74 Å². The summed E-state index contributed by atoms with van der Waals surface area (Å²) in [6, 6.07) is 10.00. The predicted octanol–water partition coefficient (Wildman–Crippen LogP) is 6.06. The van der Waals surface area contributed by atoms with Gasteiger partial charge in [-0.15, -0.1) is 0 Å². The Labute approximate surface area is 166 Å². The topological polar surface area (TPSA) is 12.5 Å². The molecule has 5 heteroatoms. The van der Waals surface area contributed by atoms with Gasteiger partial charge in [0.1, 0.15) is 5.82 Å². The van der Waals surface area contributed by atoms with Crippen molar-refractivity contribution in [2.75, 3.05) is 13.7 Å². The van der Waals surface area contributed by atoms with Gasteiger partial charge in [-0.1, -0.05) is 30.3 Å². The molecule has 0 bridgehead atoms. The molecule has 2 nitrogen and oxygen atoms in total. The summed E-state index contributed by atoms with van der Waals surface area (Å²) in [5.74, 6) is -3.89. The van der Waals surface area contributed by atoms with E-state index in [1.165, 1.54) is 14.0 Å². The normalized spacial score (nSPS) is 12.9. The van der Waals surface area contributed by atoms with E-state index in [1.807, 2.05) is 30.3 Å². The maximum absolute atomic E-state index is 15.2. The van der Waals surface area contributed by atoms with E-state index in [2.05, 4.69) is 32.6 Å². The lowest BCUT2D eigenvalue weighted by Crippen LogP contribution is -2.38. The predicted molar refractivity (Wildman–Crippen MR) is 107 cm³/mol. The molecule has 0 spiro atoms. The van der Waals surface area contributed by atoms with Gasteiger partial charge in [0, 0.05) is 29.1 Å². The van der Waals surface area contributed by atoms with Crippen LogP contribution in [-0.4, -0.2) is 30.6 Å². The molecule has 0 heterocycles. The van der Waals surface area contributed by atoms with E-state index in [-0.39, 0.29) is 16.9 Å². The molecule has 0 radical (unpaired) electrons. The quantitative estimate of drug-likeness (QED) is 0.505. The fraction of sp³-hybridized carbons (Fsp3) is 0.478. The minimum Gasteiger partial charge on any atom is -0.493 e. The van der Waals surface area contributed by atoms with Crippen LogP contribution in [0, 0.1) is 24.4 Å². The molecule has 0 saturated carbocycles. The average molecular weight is 393 g/mol. The first-order valence-corrected chi connectivity index (χ1v) is 9.72. The van der Waals surface area contributed by atoms with Crippen molar-refractivity contribution in [2.45, 2.75) is 59.0 Å². The molecule has 0 N–H and O–H groups in total. The molecule has 0 aromatic heterocycles. The maximum atomic E-state index is 15.2. The zero-order valence-corrected chi connectivity index (χ0v) is 17.5. The van der Waals surface area contributed by atoms with Gasteiger partial charge in [0.25, 0.3) is 0 Å². The summed E-state index contributed by atoms with van der Waals surface area (Å²) >= 11 is 0. The molecule has 0 amide bonds. The Bertz CT molecular complexity index is 782. The molecular formula is C23H30F3NO. The van der Waals surface area contributed by atoms with Crippen LogP contribution in [0.2, 0.25) is 0 Å². The van der Waals surface area contributed by atoms with E-state index in [0.717, 1.165) is 5.56 Å². The van der Waals surface area contributed by atoms with Gasteiger partial charge >= 0.3 is 0 Å². The van der Waals surface area contributed by atoms with Crippen LogP contribution in [0.4, 0.5) is 13.2 Å². The highest BCUT2D eigenvalue weighted by Gasteiger charge is 2.30. The van der Waals surface area contributed by atoms with Crippen LogP contribution in [0.25, 0.3) is 0 Å². The number of halogens is 3. The highest BCUT2D eigenvalue weighted by atomic mass is 19.2. The lowest BCUT2D eigenvalue weighted by Gasteiger charge is -2.32. The van der Waals surface area contributed by atoms with E-state index in [9.17, 15) is 8.78 Å². The Morgan fingerprint density at radius 2 is 1.46 bits per heavy atom. The highest BCUT2D eigenvalue weighted by Crippen LogP contribution is 2.40. The maximum Gasteiger partial charge on any atom is 0.201 e. The number of nitrogens with zero attached hydrogens (tertiary/aromatic N) is 1. The number of hydrogen-bond acceptors (Lipinski definition) is 2. The van der Waals surface area contributed by atoms with Crippen LogP contribution >= 0.6 is 0 Å². The summed E-state index contributed by atoms with van der Waals surface area (Å²) in [5, 5.41) is 0. The number of hydrogen-bond donors (Lipinski definition) is 0. The minimum atomic E-state index is -1.20. The molecule has 0 aliphatic carbocycles. The monoisotopic (exact) mass is 393 g/mol. The van der Waals surface area contributed by atoms with Crippen molar-refractivity contribution in [3.63, 3.8) is 0 Å². The first-order chi connectivity index (χ1) is 13.2. The lowest BCUT2D eigenvalue weighted by atomic mass is 9.86. The summed E-state index contributed by atoms with van der Waals surface area (Å²) in [7, 11) is 1.24. The van der Waals surface area contributed by atoms with Crippen molar-refractivity contribution in [1.29, 1.82) is 0 Å². The largest absolute Gasteiger partial charge is 0.493 e. The first kappa shape index (κ1) is 22.3. The van der Waals surface area contributed by atoms with Gasteiger partial charge in [-0.2, -0.15) is 4.39 Å². The highest BCUT2D eigenvalue weighted by molar-refractivity contribution is 5.47. The third-order valence-corrected chi connectivity index (χ3v) is 5.29. The molecule has 0 aliphatic rings. The molecule has 1 atom stereocenters. The third-order valence-electron chi connectivity index (χ3n) is 5.29. The van der Waals surface area contributed by atoms with Crippen LogP contribution in [0.5, 0.6) is 5.75 Å². The third kappa shape index (κ3) is 4.52. The second-order valence-electron chi connectivity index (χ2n) is 7.69. The van der Waals surface area contributed by atoms with Crippen LogP contribution in [0.3, 0.4) is 0 Å². The minimum absolute atomic E-state index is 0.0811. The number of rotatable bonds is 8. The smallest absolute Gasteiger partial charge is 0.201 e. The van der Waals surface area contributed by atoms with Gasteiger partial charge in [-0.25, -0.2) is 8.78 Å². The van der Waals surface area contributed by atoms with E-state index in [0.29, 0.717) is 25.0 Å². The molecule has 154 valence electrons. The van der Waals surface area contributed by atoms with E-state index in [4.69, 9.17) is 4.74 Å². The van der Waals surface area contributed by atoms with E-state index < -0.39 is 23.4 Å². The van der Waals surface area contributed by atoms with Crippen molar-refractivity contribution in [1.82, 2.24) is 4.90 Å². The van der Waals surface area contributed by atoms with E-state index in [1.54, 1.807) is 0 Å². The molecule has 2 aromatic rings. The van der Waals surface area contributed by atoms with Crippen molar-refractivity contribution >= 4 is 0 Å². The molecule has 0 fully saturated rings. The van der Waals surface area contributed by atoms with Gasteiger partial charge in [0.15, 0.2) is 11.6 Å². The summed E-state index contributed by atoms with van der Waals surface area (Å²) in [4.78, 5) is 2.30. The first-order valence-electron chi connectivity index (χ1n) is 9.72. The van der Waals surface area contributed by atoms with Gasteiger partial charge in [0.05, 0.1) is 7.11 Å². The zero-order valence-electron chi connectivity index (χ0n) is 17.5. The molecule has 1 unspecified atom stereocenters. The zero-order chi connectivity index (χ0) is 21.0. The average Bonchev–Trinajstić information content (AvgIpc) is 2.67. The van der Waals surface area contributed by atoms with Crippen molar-refractivity contribution in [3.05, 3.63) is 64.5 Å². The van der Waals surface area contributed by atoms with Crippen LogP contribution in [0.15, 0.2) is 30.3 Å². The Morgan fingerprint density at radius 3 is 1.96 bits per heavy atom. The SMILES string of the molecule is COc1c(F)c(F)c(C)c(F)c1C(CCN(C(C)C)C(C)C)c1ccccc1. The summed E-state index contributed by atoms with van der Waals surface area (Å²) < 4.78 is 49.0. The van der Waals surface area contributed by atoms with Gasteiger partial charge in [-0.05, 0) is 53.1 Å². The van der Waals surface area contributed by atoms with Gasteiger partial charge in [0.2, 0.25) is 5.82 Å². The number of benzene rings is 2. The Morgan fingerprint density at radius 1 is 0.893 bits per heavy atom. The molecular weight excluding hydrogens is 363 g/mol. The second-order valence-corrected chi connectivity index (χ2v) is 7.69. The van der Waals surface area contributed by atoms with Crippen LogP contribution < -0.4 is 4.74 Å². The van der Waals surface area contributed by atoms with Crippen LogP contribution in [0.1, 0.15) is 56.7 Å².